The Kier molecular flexibility index (Phi) is 6.34. The number of nitrogens with two attached hydrogens (primary N) is 1. The predicted octanol–water partition coefficient (Wildman–Crippen LogP) is 2.59. The molecule has 2 N–H and O–H groups in total. The van der Waals surface area contributed by atoms with Crippen LogP contribution in [0.4, 0.5) is 0 Å². The Morgan fingerprint density at radius 2 is 1.67 bits per heavy atom. The molecule has 0 heterocycles. The zero-order chi connectivity index (χ0) is 14.8. The van der Waals surface area contributed by atoms with Crippen LogP contribution in [0.1, 0.15) is 11.1 Å². The van der Waals surface area contributed by atoms with Crippen LogP contribution in [0, 0.1) is 11.8 Å². The van der Waals surface area contributed by atoms with E-state index < -0.39 is 0 Å². The number of rotatable bonds is 6. The van der Waals surface area contributed by atoms with Gasteiger partial charge in [-0.05, 0) is 23.8 Å². The summed E-state index contributed by atoms with van der Waals surface area (Å²) in [6.07, 6.45) is 0. The Balaban J connectivity index is 1.76. The summed E-state index contributed by atoms with van der Waals surface area (Å²) in [5.41, 5.74) is 7.43. The molecule has 0 radical (unpaired) electrons. The van der Waals surface area contributed by atoms with Gasteiger partial charge >= 0.3 is 0 Å². The summed E-state index contributed by atoms with van der Waals surface area (Å²) in [5.74, 6) is 6.78. The highest BCUT2D eigenvalue weighted by atomic mass is 16.5. The minimum absolute atomic E-state index is 0.361. The van der Waals surface area contributed by atoms with E-state index in [0.29, 0.717) is 26.4 Å². The van der Waals surface area contributed by atoms with Gasteiger partial charge in [0.2, 0.25) is 0 Å². The third-order valence-corrected chi connectivity index (χ3v) is 2.84. The van der Waals surface area contributed by atoms with Crippen LogP contribution < -0.4 is 10.5 Å². The molecular weight excluding hydrogens is 262 g/mol. The highest BCUT2D eigenvalue weighted by Crippen LogP contribution is 2.10. The van der Waals surface area contributed by atoms with Crippen LogP contribution in [0.15, 0.2) is 54.6 Å². The molecule has 2 aromatic carbocycles. The first-order chi connectivity index (χ1) is 10.4. The number of hydrogen-bond donors (Lipinski definition) is 1. The molecule has 0 saturated heterocycles. The van der Waals surface area contributed by atoms with E-state index in [2.05, 4.69) is 11.8 Å². The van der Waals surface area contributed by atoms with Gasteiger partial charge in [0.25, 0.3) is 0 Å². The van der Waals surface area contributed by atoms with E-state index in [4.69, 9.17) is 15.2 Å². The predicted molar refractivity (Wildman–Crippen MR) is 84.0 cm³/mol. The lowest BCUT2D eigenvalue weighted by Gasteiger charge is -2.08. The number of para-hydroxylation sites is 1. The highest BCUT2D eigenvalue weighted by Gasteiger charge is 1.99. The first-order valence-corrected chi connectivity index (χ1v) is 6.92. The van der Waals surface area contributed by atoms with Gasteiger partial charge in [-0.1, -0.05) is 48.2 Å². The van der Waals surface area contributed by atoms with Crippen molar-refractivity contribution in [2.75, 3.05) is 19.8 Å². The molecule has 2 rings (SSSR count). The van der Waals surface area contributed by atoms with Crippen molar-refractivity contribution < 1.29 is 9.47 Å². The minimum atomic E-state index is 0.361. The smallest absolute Gasteiger partial charge is 0.119 e. The monoisotopic (exact) mass is 281 g/mol. The molecule has 108 valence electrons. The van der Waals surface area contributed by atoms with Crippen molar-refractivity contribution >= 4 is 0 Å². The third kappa shape index (κ3) is 5.31. The molecule has 0 saturated carbocycles. The zero-order valence-corrected chi connectivity index (χ0v) is 11.9. The molecule has 0 amide bonds. The maximum absolute atomic E-state index is 5.64. The van der Waals surface area contributed by atoms with Crippen molar-refractivity contribution in [2.45, 2.75) is 6.61 Å². The largest absolute Gasteiger partial charge is 0.491 e. The summed E-state index contributed by atoms with van der Waals surface area (Å²) in [7, 11) is 0. The number of hydrogen-bond acceptors (Lipinski definition) is 3. The molecule has 0 aromatic heterocycles. The van der Waals surface area contributed by atoms with Crippen LogP contribution in [-0.2, 0) is 11.3 Å². The maximum atomic E-state index is 5.64. The van der Waals surface area contributed by atoms with Crippen molar-refractivity contribution in [1.82, 2.24) is 0 Å². The van der Waals surface area contributed by atoms with Gasteiger partial charge in [-0.3, -0.25) is 0 Å². The van der Waals surface area contributed by atoms with Crippen molar-refractivity contribution in [3.05, 3.63) is 65.7 Å². The van der Waals surface area contributed by atoms with E-state index in [1.807, 2.05) is 54.6 Å². The van der Waals surface area contributed by atoms with E-state index in [-0.39, 0.29) is 0 Å². The first kappa shape index (κ1) is 15.1. The average Bonchev–Trinajstić information content (AvgIpc) is 2.54. The first-order valence-electron chi connectivity index (χ1n) is 6.92. The molecule has 0 aliphatic rings. The molecule has 3 heteroatoms. The van der Waals surface area contributed by atoms with E-state index in [1.54, 1.807) is 0 Å². The van der Waals surface area contributed by atoms with E-state index >= 15 is 0 Å². The van der Waals surface area contributed by atoms with Gasteiger partial charge in [-0.2, -0.15) is 0 Å². The standard InChI is InChI=1S/C18H19NO2/c19-12-6-9-16-7-4-5-8-17(16)15-20-13-14-21-18-10-2-1-3-11-18/h1-5,7-8,10-11H,12-15,19H2. The molecule has 0 aliphatic heterocycles. The lowest BCUT2D eigenvalue weighted by atomic mass is 10.1. The van der Waals surface area contributed by atoms with E-state index in [0.717, 1.165) is 16.9 Å². The van der Waals surface area contributed by atoms with Gasteiger partial charge in [-0.15, -0.1) is 0 Å². The highest BCUT2D eigenvalue weighted by molar-refractivity contribution is 5.41. The van der Waals surface area contributed by atoms with Gasteiger partial charge in [-0.25, -0.2) is 0 Å². The summed E-state index contributed by atoms with van der Waals surface area (Å²) in [4.78, 5) is 0. The van der Waals surface area contributed by atoms with Crippen molar-refractivity contribution in [3.8, 4) is 17.6 Å². The molecule has 0 spiro atoms. The molecule has 0 fully saturated rings. The average molecular weight is 281 g/mol. The van der Waals surface area contributed by atoms with Gasteiger partial charge < -0.3 is 15.2 Å². The maximum Gasteiger partial charge on any atom is 0.119 e. The second-order valence-corrected chi connectivity index (χ2v) is 4.38. The molecule has 2 aromatic rings. The summed E-state index contributed by atoms with van der Waals surface area (Å²) in [5, 5.41) is 0. The fraction of sp³-hybridized carbons (Fsp3) is 0.222. The van der Waals surface area contributed by atoms with Crippen LogP contribution in [0.2, 0.25) is 0 Å². The fourth-order valence-corrected chi connectivity index (χ4v) is 1.83. The van der Waals surface area contributed by atoms with Crippen molar-refractivity contribution in [2.24, 2.45) is 5.73 Å². The van der Waals surface area contributed by atoms with Gasteiger partial charge in [0.15, 0.2) is 0 Å². The SMILES string of the molecule is NCC#Cc1ccccc1COCCOc1ccccc1. The van der Waals surface area contributed by atoms with Gasteiger partial charge in [0, 0.05) is 5.56 Å². The van der Waals surface area contributed by atoms with E-state index in [9.17, 15) is 0 Å². The lowest BCUT2D eigenvalue weighted by molar-refractivity contribution is 0.0888. The number of benzene rings is 2. The molecule has 0 bridgehead atoms. The minimum Gasteiger partial charge on any atom is -0.491 e. The Labute approximate surface area is 125 Å². The second kappa shape index (κ2) is 8.80. The molecule has 3 nitrogen and oxygen atoms in total. The van der Waals surface area contributed by atoms with Crippen LogP contribution in [-0.4, -0.2) is 19.8 Å². The molecule has 0 unspecified atom stereocenters. The second-order valence-electron chi connectivity index (χ2n) is 4.38. The quantitative estimate of drug-likeness (QED) is 0.654. The fourth-order valence-electron chi connectivity index (χ4n) is 1.83. The normalized spacial score (nSPS) is 9.76. The molecule has 21 heavy (non-hydrogen) atoms. The molecule has 0 aliphatic carbocycles. The summed E-state index contributed by atoms with van der Waals surface area (Å²) < 4.78 is 11.2. The van der Waals surface area contributed by atoms with Crippen LogP contribution in [0.25, 0.3) is 0 Å². The Hall–Kier alpha value is -2.28. The summed E-state index contributed by atoms with van der Waals surface area (Å²) >= 11 is 0. The Morgan fingerprint density at radius 3 is 2.48 bits per heavy atom. The Bertz CT molecular complexity index is 599. The van der Waals surface area contributed by atoms with Crippen LogP contribution in [0.3, 0.4) is 0 Å². The summed E-state index contributed by atoms with van der Waals surface area (Å²) in [6, 6.07) is 17.6. The van der Waals surface area contributed by atoms with Crippen LogP contribution >= 0.6 is 0 Å². The Morgan fingerprint density at radius 1 is 0.905 bits per heavy atom. The summed E-state index contributed by atoms with van der Waals surface area (Å²) in [6.45, 7) is 1.95. The zero-order valence-electron chi connectivity index (χ0n) is 11.9. The van der Waals surface area contributed by atoms with Crippen LogP contribution in [0.5, 0.6) is 5.75 Å². The molecule has 0 atom stereocenters. The van der Waals surface area contributed by atoms with E-state index in [1.165, 1.54) is 0 Å². The van der Waals surface area contributed by atoms with Crippen molar-refractivity contribution in [3.63, 3.8) is 0 Å². The van der Waals surface area contributed by atoms with Gasteiger partial charge in [0.1, 0.15) is 12.4 Å². The third-order valence-electron chi connectivity index (χ3n) is 2.84. The topological polar surface area (TPSA) is 44.5 Å². The molecular formula is C18H19NO2. The lowest BCUT2D eigenvalue weighted by Crippen LogP contribution is -2.07. The number of ether oxygens (including phenoxy) is 2. The van der Waals surface area contributed by atoms with Gasteiger partial charge in [0.05, 0.1) is 19.8 Å². The van der Waals surface area contributed by atoms with Crippen molar-refractivity contribution in [1.29, 1.82) is 0 Å².